The molecule has 0 atom stereocenters. The molecule has 1 heterocycles. The molecule has 1 aromatic carbocycles. The first kappa shape index (κ1) is 12.9. The van der Waals surface area contributed by atoms with Crippen molar-refractivity contribution in [3.8, 4) is 6.07 Å². The Labute approximate surface area is 111 Å². The monoisotopic (exact) mass is 253 g/mol. The maximum atomic E-state index is 11.5. The average molecular weight is 253 g/mol. The molecule has 2 rings (SSSR count). The number of pyridine rings is 1. The number of nitriles is 1. The first-order valence-electron chi connectivity index (χ1n) is 6.17. The summed E-state index contributed by atoms with van der Waals surface area (Å²) in [7, 11) is 0. The molecular weight excluding hydrogens is 238 g/mol. The lowest BCUT2D eigenvalue weighted by Gasteiger charge is -2.09. The minimum atomic E-state index is -0.00882. The zero-order valence-electron chi connectivity index (χ0n) is 10.8. The van der Waals surface area contributed by atoms with Gasteiger partial charge in [-0.05, 0) is 24.6 Å². The molecule has 1 aromatic heterocycles. The Bertz CT molecular complexity index is 668. The van der Waals surface area contributed by atoms with Crippen molar-refractivity contribution in [1.82, 2.24) is 4.57 Å². The van der Waals surface area contributed by atoms with E-state index in [0.29, 0.717) is 18.7 Å². The van der Waals surface area contributed by atoms with Gasteiger partial charge in [-0.3, -0.25) is 4.79 Å². The second-order valence-corrected chi connectivity index (χ2v) is 4.16. The Morgan fingerprint density at radius 2 is 2.05 bits per heavy atom. The zero-order valence-corrected chi connectivity index (χ0v) is 10.8. The molecule has 0 amide bonds. The van der Waals surface area contributed by atoms with Gasteiger partial charge in [0.05, 0.1) is 17.3 Å². The summed E-state index contributed by atoms with van der Waals surface area (Å²) in [4.78, 5) is 11.5. The first-order chi connectivity index (χ1) is 9.24. The van der Waals surface area contributed by atoms with Gasteiger partial charge in [0.25, 0.3) is 5.56 Å². The predicted molar refractivity (Wildman–Crippen MR) is 74.9 cm³/mol. The molecule has 1 N–H and O–H groups in total. The number of nitrogens with one attached hydrogen (secondary N) is 1. The molecule has 0 radical (unpaired) electrons. The van der Waals surface area contributed by atoms with Gasteiger partial charge in [0.15, 0.2) is 0 Å². The van der Waals surface area contributed by atoms with E-state index in [0.717, 1.165) is 11.3 Å². The highest BCUT2D eigenvalue weighted by molar-refractivity contribution is 5.44. The number of rotatable bonds is 4. The first-order valence-corrected chi connectivity index (χ1v) is 6.17. The second kappa shape index (κ2) is 5.87. The highest BCUT2D eigenvalue weighted by Crippen LogP contribution is 2.11. The average Bonchev–Trinajstić information content (AvgIpc) is 2.46. The third kappa shape index (κ3) is 3.02. The maximum absolute atomic E-state index is 11.5. The number of aryl methyl sites for hydroxylation is 1. The SMILES string of the molecule is CCn1cc(NCc2ccccc2C#N)ccc1=O. The van der Waals surface area contributed by atoms with E-state index in [1.54, 1.807) is 29.0 Å². The Morgan fingerprint density at radius 1 is 1.26 bits per heavy atom. The van der Waals surface area contributed by atoms with Crippen LogP contribution in [0.5, 0.6) is 0 Å². The third-order valence-electron chi connectivity index (χ3n) is 2.94. The van der Waals surface area contributed by atoms with Gasteiger partial charge in [0, 0.05) is 25.4 Å². The summed E-state index contributed by atoms with van der Waals surface area (Å²) in [6, 6.07) is 12.9. The highest BCUT2D eigenvalue weighted by atomic mass is 16.1. The van der Waals surface area contributed by atoms with Crippen LogP contribution in [0.1, 0.15) is 18.1 Å². The summed E-state index contributed by atoms with van der Waals surface area (Å²) in [6.45, 7) is 3.13. The Hall–Kier alpha value is -2.54. The molecular formula is C15H15N3O. The van der Waals surface area contributed by atoms with Gasteiger partial charge in [-0.25, -0.2) is 0 Å². The molecule has 96 valence electrons. The number of nitrogens with zero attached hydrogens (tertiary/aromatic N) is 2. The smallest absolute Gasteiger partial charge is 0.250 e. The summed E-state index contributed by atoms with van der Waals surface area (Å²) >= 11 is 0. The molecule has 0 saturated carbocycles. The molecule has 2 aromatic rings. The number of aromatic nitrogens is 1. The predicted octanol–water partition coefficient (Wildman–Crippen LogP) is 2.35. The molecule has 19 heavy (non-hydrogen) atoms. The minimum absolute atomic E-state index is 0.00882. The van der Waals surface area contributed by atoms with Crippen molar-refractivity contribution in [2.75, 3.05) is 5.32 Å². The van der Waals surface area contributed by atoms with E-state index < -0.39 is 0 Å². The molecule has 0 aliphatic carbocycles. The Morgan fingerprint density at radius 3 is 2.79 bits per heavy atom. The van der Waals surface area contributed by atoms with Crippen molar-refractivity contribution < 1.29 is 0 Å². The normalized spacial score (nSPS) is 9.89. The quantitative estimate of drug-likeness (QED) is 0.910. The van der Waals surface area contributed by atoms with Crippen LogP contribution < -0.4 is 10.9 Å². The third-order valence-corrected chi connectivity index (χ3v) is 2.94. The van der Waals surface area contributed by atoms with Crippen molar-refractivity contribution in [1.29, 1.82) is 5.26 Å². The van der Waals surface area contributed by atoms with E-state index in [2.05, 4.69) is 11.4 Å². The molecule has 0 saturated heterocycles. The number of anilines is 1. The minimum Gasteiger partial charge on any atom is -0.380 e. The van der Waals surface area contributed by atoms with E-state index in [-0.39, 0.29) is 5.56 Å². The lowest BCUT2D eigenvalue weighted by Crippen LogP contribution is -2.17. The molecule has 0 fully saturated rings. The van der Waals surface area contributed by atoms with Crippen LogP contribution in [0, 0.1) is 11.3 Å². The molecule has 0 spiro atoms. The Balaban J connectivity index is 2.15. The topological polar surface area (TPSA) is 57.8 Å². The maximum Gasteiger partial charge on any atom is 0.250 e. The van der Waals surface area contributed by atoms with Crippen LogP contribution in [0.2, 0.25) is 0 Å². The van der Waals surface area contributed by atoms with E-state index >= 15 is 0 Å². The fraction of sp³-hybridized carbons (Fsp3) is 0.200. The fourth-order valence-corrected chi connectivity index (χ4v) is 1.86. The lowest BCUT2D eigenvalue weighted by molar-refractivity contribution is 0.727. The van der Waals surface area contributed by atoms with E-state index in [1.165, 1.54) is 0 Å². The van der Waals surface area contributed by atoms with Crippen molar-refractivity contribution >= 4 is 5.69 Å². The van der Waals surface area contributed by atoms with Gasteiger partial charge < -0.3 is 9.88 Å². The van der Waals surface area contributed by atoms with Crippen LogP contribution >= 0.6 is 0 Å². The van der Waals surface area contributed by atoms with Gasteiger partial charge in [-0.15, -0.1) is 0 Å². The summed E-state index contributed by atoms with van der Waals surface area (Å²) in [6.07, 6.45) is 1.79. The van der Waals surface area contributed by atoms with Gasteiger partial charge in [0.1, 0.15) is 0 Å². The largest absolute Gasteiger partial charge is 0.380 e. The lowest BCUT2D eigenvalue weighted by atomic mass is 10.1. The highest BCUT2D eigenvalue weighted by Gasteiger charge is 2.01. The van der Waals surface area contributed by atoms with Gasteiger partial charge in [0.2, 0.25) is 0 Å². The molecule has 4 nitrogen and oxygen atoms in total. The second-order valence-electron chi connectivity index (χ2n) is 4.16. The summed E-state index contributed by atoms with van der Waals surface area (Å²) < 4.78 is 1.64. The number of hydrogen-bond donors (Lipinski definition) is 1. The summed E-state index contributed by atoms with van der Waals surface area (Å²) in [5.74, 6) is 0. The van der Waals surface area contributed by atoms with Crippen molar-refractivity contribution in [3.05, 3.63) is 64.1 Å². The molecule has 0 unspecified atom stereocenters. The van der Waals surface area contributed by atoms with Crippen molar-refractivity contribution in [2.45, 2.75) is 20.0 Å². The standard InChI is InChI=1S/C15H15N3O/c1-2-18-11-14(7-8-15(18)19)17-10-13-6-4-3-5-12(13)9-16/h3-8,11,17H,2,10H2,1H3. The zero-order chi connectivity index (χ0) is 13.7. The summed E-state index contributed by atoms with van der Waals surface area (Å²) in [5.41, 5.74) is 2.47. The molecule has 0 aliphatic rings. The van der Waals surface area contributed by atoms with Crippen LogP contribution in [0.4, 0.5) is 5.69 Å². The van der Waals surface area contributed by atoms with Gasteiger partial charge in [-0.1, -0.05) is 18.2 Å². The van der Waals surface area contributed by atoms with Crippen LogP contribution in [0.3, 0.4) is 0 Å². The molecule has 0 bridgehead atoms. The van der Waals surface area contributed by atoms with Crippen LogP contribution in [-0.4, -0.2) is 4.57 Å². The van der Waals surface area contributed by atoms with Gasteiger partial charge >= 0.3 is 0 Å². The Kier molecular flexibility index (Phi) is 3.99. The van der Waals surface area contributed by atoms with Crippen LogP contribution in [0.15, 0.2) is 47.4 Å². The van der Waals surface area contributed by atoms with Gasteiger partial charge in [-0.2, -0.15) is 5.26 Å². The van der Waals surface area contributed by atoms with E-state index in [9.17, 15) is 4.79 Å². The fourth-order valence-electron chi connectivity index (χ4n) is 1.86. The van der Waals surface area contributed by atoms with Crippen molar-refractivity contribution in [2.24, 2.45) is 0 Å². The van der Waals surface area contributed by atoms with E-state index in [1.807, 2.05) is 25.1 Å². The number of hydrogen-bond acceptors (Lipinski definition) is 3. The van der Waals surface area contributed by atoms with E-state index in [4.69, 9.17) is 5.26 Å². The summed E-state index contributed by atoms with van der Waals surface area (Å²) in [5, 5.41) is 12.2. The molecule has 0 aliphatic heterocycles. The van der Waals surface area contributed by atoms with Crippen molar-refractivity contribution in [3.63, 3.8) is 0 Å². The number of benzene rings is 1. The van der Waals surface area contributed by atoms with Crippen LogP contribution in [0.25, 0.3) is 0 Å². The van der Waals surface area contributed by atoms with Crippen LogP contribution in [-0.2, 0) is 13.1 Å². The molecule has 4 heteroatoms.